The van der Waals surface area contributed by atoms with Crippen molar-refractivity contribution in [3.05, 3.63) is 94.5 Å². The fourth-order valence-electron chi connectivity index (χ4n) is 5.84. The van der Waals surface area contributed by atoms with Crippen LogP contribution in [0.4, 0.5) is 0 Å². The predicted octanol–water partition coefficient (Wildman–Crippen LogP) is 5.95. The summed E-state index contributed by atoms with van der Waals surface area (Å²) in [6.45, 7) is 10.5. The van der Waals surface area contributed by atoms with E-state index in [1.165, 1.54) is 0 Å². The minimum atomic E-state index is -0.141. The molecule has 0 bridgehead atoms. The van der Waals surface area contributed by atoms with Crippen molar-refractivity contribution >= 4 is 23.4 Å². The number of hydrogen-bond acceptors (Lipinski definition) is 4. The second-order valence-electron chi connectivity index (χ2n) is 11.4. The number of hydrogen-bond donors (Lipinski definition) is 2. The Morgan fingerprint density at radius 3 is 2.39 bits per heavy atom. The third-order valence-corrected chi connectivity index (χ3v) is 8.08. The Balaban J connectivity index is 1.62. The van der Waals surface area contributed by atoms with E-state index < -0.39 is 0 Å². The molecule has 1 saturated heterocycles. The van der Waals surface area contributed by atoms with Gasteiger partial charge in [-0.3, -0.25) is 9.59 Å². The highest BCUT2D eigenvalue weighted by Crippen LogP contribution is 2.32. The van der Waals surface area contributed by atoms with Crippen LogP contribution in [0.5, 0.6) is 0 Å². The maximum Gasteiger partial charge on any atom is 0.251 e. The van der Waals surface area contributed by atoms with Gasteiger partial charge in [0.2, 0.25) is 5.91 Å². The molecule has 0 aromatic heterocycles. The third kappa shape index (κ3) is 8.19. The largest absolute Gasteiger partial charge is 0.351 e. The number of nitrogens with two attached hydrogens (primary N) is 1. The van der Waals surface area contributed by atoms with Crippen LogP contribution >= 0.6 is 11.6 Å². The molecule has 1 fully saturated rings. The van der Waals surface area contributed by atoms with Crippen LogP contribution in [0.2, 0.25) is 5.02 Å². The molecule has 4 rings (SSSR count). The van der Waals surface area contributed by atoms with Gasteiger partial charge in [-0.15, -0.1) is 0 Å². The van der Waals surface area contributed by atoms with E-state index in [2.05, 4.69) is 48.0 Å². The van der Waals surface area contributed by atoms with Gasteiger partial charge in [0.05, 0.1) is 12.5 Å². The van der Waals surface area contributed by atoms with Crippen molar-refractivity contribution in [1.29, 1.82) is 0 Å². The number of carbonyl (C=O) groups excluding carboxylic acids is 2. The molecule has 1 unspecified atom stereocenters. The van der Waals surface area contributed by atoms with E-state index >= 15 is 0 Å². The van der Waals surface area contributed by atoms with E-state index in [4.69, 9.17) is 17.3 Å². The van der Waals surface area contributed by atoms with Crippen molar-refractivity contribution in [1.82, 2.24) is 15.1 Å². The number of benzene rings is 3. The van der Waals surface area contributed by atoms with Crippen LogP contribution in [0.1, 0.15) is 61.1 Å². The van der Waals surface area contributed by atoms with E-state index in [1.54, 1.807) is 0 Å². The average molecular weight is 575 g/mol. The van der Waals surface area contributed by atoms with E-state index in [9.17, 15) is 9.59 Å². The van der Waals surface area contributed by atoms with Gasteiger partial charge in [-0.25, -0.2) is 0 Å². The zero-order valence-electron chi connectivity index (χ0n) is 24.5. The standard InChI is InChI=1S/C34H43ClN4O2/c1-24(2)23-38-19-15-30(16-20-38)39(33(40)21-26-11-13-29(35)14-12-26)25(3)27-7-6-8-28(22-27)31-9-4-5-10-32(31)34(41)37-18-17-36/h4-14,22,24-25,30H,15-21,23,36H2,1-3H3,(H,37,41). The average Bonchev–Trinajstić information content (AvgIpc) is 2.98. The quantitative estimate of drug-likeness (QED) is 0.297. The van der Waals surface area contributed by atoms with Crippen molar-refractivity contribution in [2.75, 3.05) is 32.7 Å². The normalized spacial score (nSPS) is 15.1. The molecule has 2 amide bonds. The number of nitrogens with one attached hydrogen (secondary N) is 1. The maximum atomic E-state index is 14.0. The highest BCUT2D eigenvalue weighted by Gasteiger charge is 2.32. The Bertz CT molecular complexity index is 1300. The van der Waals surface area contributed by atoms with E-state index in [0.29, 0.717) is 36.0 Å². The van der Waals surface area contributed by atoms with Crippen molar-refractivity contribution in [3.63, 3.8) is 0 Å². The second kappa shape index (κ2) is 14.6. The lowest BCUT2D eigenvalue weighted by atomic mass is 9.93. The lowest BCUT2D eigenvalue weighted by molar-refractivity contribution is -0.136. The van der Waals surface area contributed by atoms with Crippen LogP contribution in [0.15, 0.2) is 72.8 Å². The zero-order chi connectivity index (χ0) is 29.4. The topological polar surface area (TPSA) is 78.7 Å². The number of likely N-dealkylation sites (tertiary alicyclic amines) is 1. The van der Waals surface area contributed by atoms with Gasteiger partial charge < -0.3 is 20.9 Å². The molecule has 1 aliphatic heterocycles. The van der Waals surface area contributed by atoms with Crippen LogP contribution in [-0.4, -0.2) is 60.4 Å². The minimum absolute atomic E-state index is 0.120. The van der Waals surface area contributed by atoms with E-state index in [1.807, 2.05) is 60.7 Å². The number of amides is 2. The Morgan fingerprint density at radius 1 is 1.00 bits per heavy atom. The van der Waals surface area contributed by atoms with Crippen molar-refractivity contribution < 1.29 is 9.59 Å². The molecule has 0 aliphatic carbocycles. The maximum absolute atomic E-state index is 14.0. The van der Waals surface area contributed by atoms with Gasteiger partial charge in [-0.05, 0) is 72.2 Å². The highest BCUT2D eigenvalue weighted by molar-refractivity contribution is 6.30. The molecule has 3 aromatic carbocycles. The van der Waals surface area contributed by atoms with Crippen LogP contribution in [0, 0.1) is 5.92 Å². The summed E-state index contributed by atoms with van der Waals surface area (Å²) >= 11 is 6.10. The molecule has 1 heterocycles. The summed E-state index contributed by atoms with van der Waals surface area (Å²) in [5, 5.41) is 3.55. The molecule has 0 radical (unpaired) electrons. The van der Waals surface area contributed by atoms with Gasteiger partial charge >= 0.3 is 0 Å². The van der Waals surface area contributed by atoms with Crippen LogP contribution in [0.3, 0.4) is 0 Å². The fourth-order valence-corrected chi connectivity index (χ4v) is 5.97. The Morgan fingerprint density at radius 2 is 1.71 bits per heavy atom. The summed E-state index contributed by atoms with van der Waals surface area (Å²) in [6.07, 6.45) is 2.23. The van der Waals surface area contributed by atoms with Crippen LogP contribution in [0.25, 0.3) is 11.1 Å². The SMILES string of the molecule is CC(C)CN1CCC(N(C(=O)Cc2ccc(Cl)cc2)C(C)c2cccc(-c3ccccc3C(=O)NCCN)c2)CC1. The molecule has 41 heavy (non-hydrogen) atoms. The zero-order valence-corrected chi connectivity index (χ0v) is 25.2. The van der Waals surface area contributed by atoms with Crippen LogP contribution in [-0.2, 0) is 11.2 Å². The lowest BCUT2D eigenvalue weighted by Gasteiger charge is -2.42. The Labute approximate surface area is 249 Å². The predicted molar refractivity (Wildman–Crippen MR) is 168 cm³/mol. The van der Waals surface area contributed by atoms with Crippen molar-refractivity contribution in [2.45, 2.75) is 52.1 Å². The molecule has 0 saturated carbocycles. The molecule has 3 aromatic rings. The van der Waals surface area contributed by atoms with Gasteiger partial charge in [0.1, 0.15) is 0 Å². The number of rotatable bonds is 11. The molecule has 1 aliphatic rings. The summed E-state index contributed by atoms with van der Waals surface area (Å²) in [6, 6.07) is 23.4. The van der Waals surface area contributed by atoms with Gasteiger partial charge in [-0.1, -0.05) is 74.0 Å². The summed E-state index contributed by atoms with van der Waals surface area (Å²) in [4.78, 5) is 31.5. The smallest absolute Gasteiger partial charge is 0.251 e. The number of carbonyl (C=O) groups is 2. The summed E-state index contributed by atoms with van der Waals surface area (Å²) < 4.78 is 0. The number of halogens is 1. The highest BCUT2D eigenvalue weighted by atomic mass is 35.5. The molecule has 7 heteroatoms. The Kier molecular flexibility index (Phi) is 11.0. The van der Waals surface area contributed by atoms with Crippen molar-refractivity contribution in [3.8, 4) is 11.1 Å². The van der Waals surface area contributed by atoms with Crippen molar-refractivity contribution in [2.24, 2.45) is 11.7 Å². The monoisotopic (exact) mass is 574 g/mol. The Hall–Kier alpha value is -3.19. The summed E-state index contributed by atoms with van der Waals surface area (Å²) in [5.74, 6) is 0.600. The first kappa shape index (κ1) is 30.8. The molecule has 3 N–H and O–H groups in total. The van der Waals surface area contributed by atoms with E-state index in [0.717, 1.165) is 54.7 Å². The van der Waals surface area contributed by atoms with E-state index in [-0.39, 0.29) is 23.9 Å². The van der Waals surface area contributed by atoms with Gasteiger partial charge in [0.15, 0.2) is 0 Å². The molecule has 1 atom stereocenters. The number of nitrogens with zero attached hydrogens (tertiary/aromatic N) is 2. The first-order valence-electron chi connectivity index (χ1n) is 14.7. The summed E-state index contributed by atoms with van der Waals surface area (Å²) in [5.41, 5.74) is 10.0. The third-order valence-electron chi connectivity index (χ3n) is 7.83. The van der Waals surface area contributed by atoms with Gasteiger partial charge in [0, 0.05) is 49.4 Å². The van der Waals surface area contributed by atoms with Gasteiger partial charge in [-0.2, -0.15) is 0 Å². The fraction of sp³-hybridized carbons (Fsp3) is 0.412. The minimum Gasteiger partial charge on any atom is -0.351 e. The van der Waals surface area contributed by atoms with Crippen LogP contribution < -0.4 is 11.1 Å². The lowest BCUT2D eigenvalue weighted by Crippen LogP contribution is -2.49. The second-order valence-corrected chi connectivity index (χ2v) is 11.9. The number of piperidine rings is 1. The first-order chi connectivity index (χ1) is 19.8. The first-order valence-corrected chi connectivity index (χ1v) is 15.1. The molecular formula is C34H43ClN4O2. The molecule has 218 valence electrons. The molecule has 0 spiro atoms. The summed E-state index contributed by atoms with van der Waals surface area (Å²) in [7, 11) is 0. The van der Waals surface area contributed by atoms with Gasteiger partial charge in [0.25, 0.3) is 5.91 Å². The molecule has 6 nitrogen and oxygen atoms in total. The molecular weight excluding hydrogens is 532 g/mol.